The molecule has 1 aromatic heterocycles. The fraction of sp³-hybridized carbons (Fsp3) is 0.471. The molecule has 0 bridgehead atoms. The van der Waals surface area contributed by atoms with E-state index in [1.165, 1.54) is 11.1 Å². The van der Waals surface area contributed by atoms with E-state index >= 15 is 0 Å². The lowest BCUT2D eigenvalue weighted by Crippen LogP contribution is -2.36. The highest BCUT2D eigenvalue weighted by Gasteiger charge is 2.24. The number of anilines is 1. The van der Waals surface area contributed by atoms with E-state index in [1.807, 2.05) is 12.3 Å². The van der Waals surface area contributed by atoms with Crippen molar-refractivity contribution in [3.8, 4) is 0 Å². The average molecular weight is 270 g/mol. The van der Waals surface area contributed by atoms with E-state index in [-0.39, 0.29) is 0 Å². The van der Waals surface area contributed by atoms with Gasteiger partial charge in [-0.05, 0) is 43.0 Å². The minimum absolute atomic E-state index is 0.370. The Bertz CT molecular complexity index is 577. The van der Waals surface area contributed by atoms with Gasteiger partial charge in [0.2, 0.25) is 0 Å². The van der Waals surface area contributed by atoms with Crippen LogP contribution in [0.5, 0.6) is 0 Å². The minimum Gasteiger partial charge on any atom is -0.382 e. The van der Waals surface area contributed by atoms with Crippen LogP contribution in [-0.2, 0) is 4.74 Å². The Labute approximate surface area is 120 Å². The summed E-state index contributed by atoms with van der Waals surface area (Å²) in [7, 11) is 0. The molecule has 0 saturated carbocycles. The Balaban J connectivity index is 1.79. The lowest BCUT2D eigenvalue weighted by Gasteiger charge is -2.33. The van der Waals surface area contributed by atoms with Crippen molar-refractivity contribution in [1.82, 2.24) is 4.98 Å². The molecule has 2 heterocycles. The Kier molecular flexibility index (Phi) is 3.88. The average Bonchev–Trinajstić information content (AvgIpc) is 2.48. The van der Waals surface area contributed by atoms with Gasteiger partial charge in [0.25, 0.3) is 0 Å². The van der Waals surface area contributed by atoms with Crippen LogP contribution in [0.1, 0.15) is 26.7 Å². The number of nitrogens with one attached hydrogen (secondary N) is 1. The summed E-state index contributed by atoms with van der Waals surface area (Å²) in [5, 5.41) is 4.89. The maximum Gasteiger partial charge on any atom is 0.0722 e. The highest BCUT2D eigenvalue weighted by atomic mass is 16.5. The molecule has 20 heavy (non-hydrogen) atoms. The van der Waals surface area contributed by atoms with Gasteiger partial charge in [0.05, 0.1) is 11.6 Å². The van der Waals surface area contributed by atoms with Crippen LogP contribution in [0, 0.1) is 5.92 Å². The van der Waals surface area contributed by atoms with E-state index in [9.17, 15) is 0 Å². The van der Waals surface area contributed by atoms with Crippen molar-refractivity contribution in [3.05, 3.63) is 36.5 Å². The Morgan fingerprint density at radius 2 is 2.15 bits per heavy atom. The molecular formula is C17H22N2O. The maximum atomic E-state index is 5.84. The summed E-state index contributed by atoms with van der Waals surface area (Å²) in [6.07, 6.45) is 4.36. The summed E-state index contributed by atoms with van der Waals surface area (Å²) < 4.78 is 5.84. The van der Waals surface area contributed by atoms with Crippen LogP contribution >= 0.6 is 0 Å². The summed E-state index contributed by atoms with van der Waals surface area (Å²) in [5.41, 5.74) is 2.23. The molecule has 2 aromatic rings. The smallest absolute Gasteiger partial charge is 0.0722 e. The molecule has 3 rings (SSSR count). The predicted octanol–water partition coefficient (Wildman–Crippen LogP) is 3.85. The van der Waals surface area contributed by atoms with Gasteiger partial charge in [0.1, 0.15) is 0 Å². The molecule has 1 saturated heterocycles. The van der Waals surface area contributed by atoms with Gasteiger partial charge in [0, 0.05) is 29.9 Å². The molecule has 2 atom stereocenters. The fourth-order valence-corrected chi connectivity index (χ4v) is 2.87. The molecule has 106 valence electrons. The van der Waals surface area contributed by atoms with Crippen LogP contribution in [0.4, 0.5) is 5.69 Å². The van der Waals surface area contributed by atoms with Crippen LogP contribution in [0.25, 0.3) is 10.9 Å². The molecule has 2 unspecified atom stereocenters. The van der Waals surface area contributed by atoms with Crippen molar-refractivity contribution >= 4 is 16.6 Å². The number of benzene rings is 1. The molecule has 0 amide bonds. The second-order valence-corrected chi connectivity index (χ2v) is 5.89. The van der Waals surface area contributed by atoms with Crippen molar-refractivity contribution in [3.63, 3.8) is 0 Å². The predicted molar refractivity (Wildman–Crippen MR) is 83.0 cm³/mol. The van der Waals surface area contributed by atoms with Gasteiger partial charge in [-0.15, -0.1) is 0 Å². The van der Waals surface area contributed by atoms with Crippen LogP contribution in [0.3, 0.4) is 0 Å². The Morgan fingerprint density at radius 3 is 3.00 bits per heavy atom. The number of rotatable bonds is 3. The van der Waals surface area contributed by atoms with Crippen molar-refractivity contribution in [2.24, 2.45) is 5.92 Å². The molecule has 1 aromatic carbocycles. The second-order valence-electron chi connectivity index (χ2n) is 5.89. The van der Waals surface area contributed by atoms with E-state index in [1.54, 1.807) is 0 Å². The van der Waals surface area contributed by atoms with Crippen molar-refractivity contribution in [2.75, 3.05) is 11.9 Å². The Morgan fingerprint density at radius 1 is 1.25 bits per heavy atom. The molecule has 1 aliphatic rings. The molecular weight excluding hydrogens is 248 g/mol. The summed E-state index contributed by atoms with van der Waals surface area (Å²) in [4.78, 5) is 4.41. The third kappa shape index (κ3) is 2.78. The second kappa shape index (κ2) is 5.80. The SMILES string of the molecule is CC(C)C1CC(Nc2cccc3ncccc23)CCO1. The number of hydrogen-bond donors (Lipinski definition) is 1. The maximum absolute atomic E-state index is 5.84. The standard InChI is InChI=1S/C17H22N2O/c1-12(2)17-11-13(8-10-20-17)19-16-7-3-6-15-14(16)5-4-9-18-15/h3-7,9,12-13,17,19H,8,10-11H2,1-2H3. The molecule has 1 fully saturated rings. The zero-order chi connectivity index (χ0) is 13.9. The van der Waals surface area contributed by atoms with Gasteiger partial charge in [-0.3, -0.25) is 4.98 Å². The van der Waals surface area contributed by atoms with E-state index < -0.39 is 0 Å². The fourth-order valence-electron chi connectivity index (χ4n) is 2.87. The first kappa shape index (κ1) is 13.4. The van der Waals surface area contributed by atoms with Gasteiger partial charge >= 0.3 is 0 Å². The van der Waals surface area contributed by atoms with E-state index in [2.05, 4.69) is 48.4 Å². The number of hydrogen-bond acceptors (Lipinski definition) is 3. The summed E-state index contributed by atoms with van der Waals surface area (Å²) in [5.74, 6) is 0.578. The first-order chi connectivity index (χ1) is 9.74. The summed E-state index contributed by atoms with van der Waals surface area (Å²) in [6.45, 7) is 5.31. The van der Waals surface area contributed by atoms with Crippen LogP contribution < -0.4 is 5.32 Å². The van der Waals surface area contributed by atoms with Gasteiger partial charge in [-0.1, -0.05) is 19.9 Å². The largest absolute Gasteiger partial charge is 0.382 e. The van der Waals surface area contributed by atoms with E-state index in [0.717, 1.165) is 25.0 Å². The minimum atomic E-state index is 0.370. The van der Waals surface area contributed by atoms with E-state index in [0.29, 0.717) is 18.1 Å². The zero-order valence-electron chi connectivity index (χ0n) is 12.2. The quantitative estimate of drug-likeness (QED) is 0.920. The summed E-state index contributed by atoms with van der Waals surface area (Å²) >= 11 is 0. The number of ether oxygens (including phenoxy) is 1. The highest BCUT2D eigenvalue weighted by molar-refractivity contribution is 5.91. The third-order valence-corrected chi connectivity index (χ3v) is 4.06. The topological polar surface area (TPSA) is 34.2 Å². The van der Waals surface area contributed by atoms with Crippen molar-refractivity contribution in [1.29, 1.82) is 0 Å². The zero-order valence-corrected chi connectivity index (χ0v) is 12.2. The number of fused-ring (bicyclic) bond motifs is 1. The van der Waals surface area contributed by atoms with Gasteiger partial charge in [-0.2, -0.15) is 0 Å². The van der Waals surface area contributed by atoms with Crippen molar-refractivity contribution in [2.45, 2.75) is 38.8 Å². The van der Waals surface area contributed by atoms with Crippen molar-refractivity contribution < 1.29 is 4.74 Å². The number of aromatic nitrogens is 1. The number of nitrogens with zero attached hydrogens (tertiary/aromatic N) is 1. The molecule has 0 radical (unpaired) electrons. The van der Waals surface area contributed by atoms with Crippen LogP contribution in [0.2, 0.25) is 0 Å². The lowest BCUT2D eigenvalue weighted by atomic mass is 9.95. The van der Waals surface area contributed by atoms with E-state index in [4.69, 9.17) is 4.74 Å². The molecule has 0 aliphatic carbocycles. The molecule has 0 spiro atoms. The van der Waals surface area contributed by atoms with Gasteiger partial charge in [0.15, 0.2) is 0 Å². The summed E-state index contributed by atoms with van der Waals surface area (Å²) in [6, 6.07) is 10.9. The lowest BCUT2D eigenvalue weighted by molar-refractivity contribution is -0.0160. The van der Waals surface area contributed by atoms with Crippen LogP contribution in [-0.4, -0.2) is 23.7 Å². The Hall–Kier alpha value is -1.61. The van der Waals surface area contributed by atoms with Gasteiger partial charge in [-0.25, -0.2) is 0 Å². The van der Waals surface area contributed by atoms with Crippen LogP contribution in [0.15, 0.2) is 36.5 Å². The molecule has 3 heteroatoms. The van der Waals surface area contributed by atoms with Gasteiger partial charge < -0.3 is 10.1 Å². The monoisotopic (exact) mass is 270 g/mol. The normalized spacial score (nSPS) is 23.1. The molecule has 1 N–H and O–H groups in total. The molecule has 3 nitrogen and oxygen atoms in total. The molecule has 1 aliphatic heterocycles. The highest BCUT2D eigenvalue weighted by Crippen LogP contribution is 2.26. The third-order valence-electron chi connectivity index (χ3n) is 4.06. The first-order valence-corrected chi connectivity index (χ1v) is 7.46. The number of pyridine rings is 1. The first-order valence-electron chi connectivity index (χ1n) is 7.46.